The van der Waals surface area contributed by atoms with Crippen molar-refractivity contribution < 1.29 is 19.4 Å². The van der Waals surface area contributed by atoms with E-state index >= 15 is 0 Å². The lowest BCUT2D eigenvalue weighted by atomic mass is 9.82. The fourth-order valence-electron chi connectivity index (χ4n) is 4.24. The summed E-state index contributed by atoms with van der Waals surface area (Å²) >= 11 is 0. The first-order valence-electron chi connectivity index (χ1n) is 9.86. The van der Waals surface area contributed by atoms with Crippen LogP contribution in [0.2, 0.25) is 0 Å². The molecule has 0 fully saturated rings. The molecule has 2 aromatic carbocycles. The van der Waals surface area contributed by atoms with Gasteiger partial charge in [0.05, 0.1) is 0 Å². The molecule has 0 bridgehead atoms. The van der Waals surface area contributed by atoms with E-state index in [9.17, 15) is 14.7 Å². The Balaban J connectivity index is 1.90. The maximum absolute atomic E-state index is 13.5. The summed E-state index contributed by atoms with van der Waals surface area (Å²) in [6, 6.07) is 12.4. The zero-order valence-electron chi connectivity index (χ0n) is 16.4. The van der Waals surface area contributed by atoms with E-state index in [-0.39, 0.29) is 24.0 Å². The van der Waals surface area contributed by atoms with Crippen LogP contribution in [-0.4, -0.2) is 16.8 Å². The Kier molecular flexibility index (Phi) is 4.31. The Labute approximate surface area is 164 Å². The molecule has 28 heavy (non-hydrogen) atoms. The number of unbranched alkanes of at least 4 members (excludes halogenated alkanes) is 1. The van der Waals surface area contributed by atoms with E-state index < -0.39 is 11.3 Å². The smallest absolute Gasteiger partial charge is 0.271 e. The number of carbonyl (C=O) groups excluding carboxylic acids is 2. The first-order valence-corrected chi connectivity index (χ1v) is 9.86. The fourth-order valence-corrected chi connectivity index (χ4v) is 4.24. The Morgan fingerprint density at radius 1 is 1.18 bits per heavy atom. The van der Waals surface area contributed by atoms with Crippen LogP contribution in [0.5, 0.6) is 5.75 Å². The number of hydrogen-bond donors (Lipinski definition) is 2. The highest BCUT2D eigenvalue weighted by Crippen LogP contribution is 2.58. The van der Waals surface area contributed by atoms with Gasteiger partial charge in [0, 0.05) is 23.1 Å². The zero-order valence-corrected chi connectivity index (χ0v) is 16.4. The van der Waals surface area contributed by atoms with E-state index in [2.05, 4.69) is 19.2 Å². The molecule has 0 radical (unpaired) electrons. The van der Waals surface area contributed by atoms with Gasteiger partial charge in [-0.05, 0) is 24.0 Å². The minimum Gasteiger partial charge on any atom is -0.454 e. The molecule has 2 aromatic rings. The molecule has 0 aromatic heterocycles. The molecule has 1 aliphatic heterocycles. The van der Waals surface area contributed by atoms with Gasteiger partial charge in [-0.1, -0.05) is 63.6 Å². The third-order valence-corrected chi connectivity index (χ3v) is 5.80. The highest BCUT2D eigenvalue weighted by molar-refractivity contribution is 6.12. The van der Waals surface area contributed by atoms with Crippen molar-refractivity contribution in [3.63, 3.8) is 0 Å². The first kappa shape index (κ1) is 18.7. The summed E-state index contributed by atoms with van der Waals surface area (Å²) in [6.07, 6.45) is 1.86. The van der Waals surface area contributed by atoms with Gasteiger partial charge >= 0.3 is 0 Å². The Morgan fingerprint density at radius 2 is 1.93 bits per heavy atom. The molecular weight excluding hydrogens is 354 g/mol. The first-order chi connectivity index (χ1) is 13.3. The van der Waals surface area contributed by atoms with Crippen LogP contribution in [-0.2, 0) is 16.1 Å². The highest BCUT2D eigenvalue weighted by Gasteiger charge is 2.71. The van der Waals surface area contributed by atoms with E-state index in [0.29, 0.717) is 28.9 Å². The van der Waals surface area contributed by atoms with Crippen LogP contribution in [0.15, 0.2) is 42.5 Å². The maximum atomic E-state index is 13.5. The second-order valence-electron chi connectivity index (χ2n) is 7.93. The van der Waals surface area contributed by atoms with Crippen LogP contribution >= 0.6 is 0 Å². The van der Waals surface area contributed by atoms with Crippen LogP contribution in [0.4, 0.5) is 0 Å². The van der Waals surface area contributed by atoms with Crippen LogP contribution in [0.3, 0.4) is 0 Å². The quantitative estimate of drug-likeness (QED) is 0.830. The molecule has 0 saturated carbocycles. The minimum atomic E-state index is -1.96. The zero-order chi connectivity index (χ0) is 20.1. The molecule has 5 heteroatoms. The Morgan fingerprint density at radius 3 is 2.64 bits per heavy atom. The number of carbonyl (C=O) groups is 2. The van der Waals surface area contributed by atoms with Gasteiger partial charge in [0.1, 0.15) is 5.75 Å². The number of fused-ring (bicyclic) bond motifs is 5. The van der Waals surface area contributed by atoms with Crippen LogP contribution in [0, 0.1) is 0 Å². The van der Waals surface area contributed by atoms with Crippen molar-refractivity contribution in [1.29, 1.82) is 0 Å². The molecule has 5 nitrogen and oxygen atoms in total. The van der Waals surface area contributed by atoms with Crippen LogP contribution in [0.25, 0.3) is 0 Å². The van der Waals surface area contributed by atoms with Crippen molar-refractivity contribution >= 4 is 11.7 Å². The van der Waals surface area contributed by atoms with Gasteiger partial charge in [-0.25, -0.2) is 0 Å². The average Bonchev–Trinajstić information content (AvgIpc) is 3.03. The summed E-state index contributed by atoms with van der Waals surface area (Å²) in [5.74, 6) is -1.87. The second kappa shape index (κ2) is 6.45. The van der Waals surface area contributed by atoms with Gasteiger partial charge < -0.3 is 15.2 Å². The summed E-state index contributed by atoms with van der Waals surface area (Å²) in [7, 11) is 0. The SMILES string of the molecule is CCCCC(=O)NC12C(=O)c3ccccc3C1(O)Oc1cc(C(C)C)ccc12. The van der Waals surface area contributed by atoms with Gasteiger partial charge in [-0.15, -0.1) is 0 Å². The van der Waals surface area contributed by atoms with E-state index in [1.54, 1.807) is 30.3 Å². The number of Topliss-reactive ketones (excluding diaryl/α,β-unsaturated/α-hetero) is 1. The van der Waals surface area contributed by atoms with Gasteiger partial charge in [0.25, 0.3) is 5.79 Å². The Hall–Kier alpha value is -2.66. The van der Waals surface area contributed by atoms with Gasteiger partial charge in [-0.2, -0.15) is 0 Å². The lowest BCUT2D eigenvalue weighted by Crippen LogP contribution is -2.60. The van der Waals surface area contributed by atoms with E-state index in [1.807, 2.05) is 19.1 Å². The summed E-state index contributed by atoms with van der Waals surface area (Å²) in [6.45, 7) is 6.13. The minimum absolute atomic E-state index is 0.266. The number of ketones is 1. The van der Waals surface area contributed by atoms with Gasteiger partial charge in [0.15, 0.2) is 0 Å². The lowest BCUT2D eigenvalue weighted by molar-refractivity contribution is -0.175. The second-order valence-corrected chi connectivity index (χ2v) is 7.93. The summed E-state index contributed by atoms with van der Waals surface area (Å²) in [5, 5.41) is 14.5. The van der Waals surface area contributed by atoms with Crippen LogP contribution in [0.1, 0.15) is 73.0 Å². The van der Waals surface area contributed by atoms with E-state index in [1.165, 1.54) is 0 Å². The largest absolute Gasteiger partial charge is 0.454 e. The normalized spacial score (nSPS) is 24.5. The van der Waals surface area contributed by atoms with Crippen molar-refractivity contribution in [3.8, 4) is 5.75 Å². The molecule has 2 N–H and O–H groups in total. The van der Waals surface area contributed by atoms with Gasteiger partial charge in [0.2, 0.25) is 17.2 Å². The average molecular weight is 379 g/mol. The molecular formula is C23H25NO4. The Bertz CT molecular complexity index is 967. The predicted octanol–water partition coefficient (Wildman–Crippen LogP) is 3.75. The van der Waals surface area contributed by atoms with E-state index in [0.717, 1.165) is 12.0 Å². The molecule has 1 heterocycles. The monoisotopic (exact) mass is 379 g/mol. The summed E-state index contributed by atoms with van der Waals surface area (Å²) in [4.78, 5) is 26.2. The molecule has 0 saturated heterocycles. The molecule has 1 aliphatic carbocycles. The number of hydrogen-bond acceptors (Lipinski definition) is 4. The van der Waals surface area contributed by atoms with E-state index in [4.69, 9.17) is 4.74 Å². The topological polar surface area (TPSA) is 75.6 Å². The van der Waals surface area contributed by atoms with Crippen LogP contribution < -0.4 is 10.1 Å². The fraction of sp³-hybridized carbons (Fsp3) is 0.391. The third kappa shape index (κ3) is 2.35. The molecule has 146 valence electrons. The standard InChI is InChI=1S/C23H25NO4/c1-4-5-10-20(25)24-22-18-12-11-15(14(2)3)13-19(18)28-23(22,27)17-9-7-6-8-16(17)21(22)26/h6-9,11-14,27H,4-5,10H2,1-3H3,(H,24,25). The maximum Gasteiger partial charge on any atom is 0.271 e. The van der Waals surface area contributed by atoms with Crippen molar-refractivity contribution in [2.45, 2.75) is 57.3 Å². The molecule has 4 rings (SSSR count). The number of benzene rings is 2. The molecule has 2 aliphatic rings. The van der Waals surface area contributed by atoms with Gasteiger partial charge in [-0.3, -0.25) is 9.59 Å². The highest BCUT2D eigenvalue weighted by atomic mass is 16.6. The molecule has 1 amide bonds. The van der Waals surface area contributed by atoms with Crippen molar-refractivity contribution in [2.75, 3.05) is 0 Å². The number of rotatable bonds is 5. The number of aliphatic hydroxyl groups is 1. The lowest BCUT2D eigenvalue weighted by Gasteiger charge is -2.34. The summed E-state index contributed by atoms with van der Waals surface area (Å²) < 4.78 is 6.03. The van der Waals surface area contributed by atoms with Crippen molar-refractivity contribution in [2.24, 2.45) is 0 Å². The van der Waals surface area contributed by atoms with Crippen molar-refractivity contribution in [3.05, 3.63) is 64.7 Å². The summed E-state index contributed by atoms with van der Waals surface area (Å²) in [5.41, 5.74) is 0.644. The third-order valence-electron chi connectivity index (χ3n) is 5.80. The number of amides is 1. The number of nitrogens with one attached hydrogen (secondary N) is 1. The van der Waals surface area contributed by atoms with Crippen molar-refractivity contribution in [1.82, 2.24) is 5.32 Å². The molecule has 0 spiro atoms. The molecule has 2 atom stereocenters. The number of ether oxygens (including phenoxy) is 1. The molecule has 2 unspecified atom stereocenters. The predicted molar refractivity (Wildman–Crippen MR) is 105 cm³/mol.